The van der Waals surface area contributed by atoms with Crippen LogP contribution in [0.4, 0.5) is 5.69 Å². The molecule has 0 aliphatic carbocycles. The van der Waals surface area contributed by atoms with Gasteiger partial charge in [-0.3, -0.25) is 9.55 Å². The van der Waals surface area contributed by atoms with Crippen molar-refractivity contribution in [1.82, 2.24) is 19.1 Å². The van der Waals surface area contributed by atoms with Crippen LogP contribution in [0.25, 0.3) is 10.2 Å². The summed E-state index contributed by atoms with van der Waals surface area (Å²) in [5.41, 5.74) is 1.62. The largest absolute Gasteiger partial charge is 0.335 e. The molecule has 4 rings (SSSR count). The molecular formula is C23H23ClN6O2S. The van der Waals surface area contributed by atoms with E-state index in [1.165, 1.54) is 4.57 Å². The van der Waals surface area contributed by atoms with Gasteiger partial charge in [-0.2, -0.15) is 0 Å². The van der Waals surface area contributed by atoms with Gasteiger partial charge in [0.2, 0.25) is 5.62 Å². The maximum atomic E-state index is 13.3. The van der Waals surface area contributed by atoms with Gasteiger partial charge in [-0.05, 0) is 42.3 Å². The first-order chi connectivity index (χ1) is 16.0. The van der Waals surface area contributed by atoms with Crippen LogP contribution < -0.4 is 17.0 Å². The zero-order valence-corrected chi connectivity index (χ0v) is 19.9. The highest BCUT2D eigenvalue weighted by Crippen LogP contribution is 2.26. The van der Waals surface area contributed by atoms with E-state index in [-0.39, 0.29) is 18.7 Å². The lowest BCUT2D eigenvalue weighted by atomic mass is 10.2. The molecule has 0 radical (unpaired) electrons. The molecule has 1 N–H and O–H groups in total. The Hall–Kier alpha value is -3.30. The molecule has 2 heterocycles. The van der Waals surface area contributed by atoms with Gasteiger partial charge < -0.3 is 4.99 Å². The Morgan fingerprint density at radius 3 is 2.67 bits per heavy atom. The highest BCUT2D eigenvalue weighted by Gasteiger charge is 2.10. The first-order valence-corrected chi connectivity index (χ1v) is 11.7. The number of rotatable bonds is 7. The summed E-state index contributed by atoms with van der Waals surface area (Å²) in [7, 11) is 1.65. The molecule has 4 aromatic rings. The van der Waals surface area contributed by atoms with Gasteiger partial charge in [-0.1, -0.05) is 30.7 Å². The maximum Gasteiger partial charge on any atom is 0.335 e. The minimum absolute atomic E-state index is 0.180. The van der Waals surface area contributed by atoms with E-state index in [1.807, 2.05) is 30.3 Å². The lowest BCUT2D eigenvalue weighted by Crippen LogP contribution is -2.50. The van der Waals surface area contributed by atoms with Crippen molar-refractivity contribution in [2.75, 3.05) is 7.05 Å². The van der Waals surface area contributed by atoms with Gasteiger partial charge in [0.25, 0.3) is 0 Å². The summed E-state index contributed by atoms with van der Waals surface area (Å²) in [5, 5.41) is 1.65. The molecule has 0 fully saturated rings. The molecule has 0 aliphatic rings. The van der Waals surface area contributed by atoms with Crippen LogP contribution in [0, 0.1) is 0 Å². The van der Waals surface area contributed by atoms with E-state index >= 15 is 0 Å². The molecule has 0 atom stereocenters. The molecule has 0 bridgehead atoms. The molecule has 0 saturated heterocycles. The number of aliphatic imine (C=N–C) groups is 1. The fourth-order valence-corrected chi connectivity index (χ4v) is 4.44. The van der Waals surface area contributed by atoms with Crippen molar-refractivity contribution < 1.29 is 0 Å². The Balaban J connectivity index is 1.85. The summed E-state index contributed by atoms with van der Waals surface area (Å²) in [6.45, 7) is 2.52. The van der Waals surface area contributed by atoms with Crippen LogP contribution in [0.15, 0.2) is 62.0 Å². The van der Waals surface area contributed by atoms with Gasteiger partial charge in [-0.15, -0.1) is 11.3 Å². The zero-order chi connectivity index (χ0) is 23.4. The lowest BCUT2D eigenvalue weighted by Gasteiger charge is -2.10. The second-order valence-corrected chi connectivity index (χ2v) is 8.91. The standard InChI is InChI=1S/C23H23ClN6O2S/c1-3-20-27-18-10-9-17(13-19(18)33-20)26-21-28-22(31)29(12-4-11-25-2)23(32)30(21)14-15-5-7-16(24)8-6-15/h5-11,13H,3-4,12,14H2,1-2H3,(H,26,28,31)/b25-11-. The third-order valence-electron chi connectivity index (χ3n) is 5.05. The van der Waals surface area contributed by atoms with Crippen LogP contribution >= 0.6 is 22.9 Å². The lowest BCUT2D eigenvalue weighted by molar-refractivity contribution is 0.533. The highest BCUT2D eigenvalue weighted by molar-refractivity contribution is 7.18. The number of aromatic nitrogens is 4. The van der Waals surface area contributed by atoms with Crippen LogP contribution in [-0.2, 0) is 19.5 Å². The number of hydrogen-bond donors (Lipinski definition) is 1. The number of thiazole rings is 1. The van der Waals surface area contributed by atoms with Crippen LogP contribution in [-0.4, -0.2) is 32.4 Å². The Morgan fingerprint density at radius 2 is 1.94 bits per heavy atom. The molecule has 33 heavy (non-hydrogen) atoms. The van der Waals surface area contributed by atoms with Gasteiger partial charge in [0, 0.05) is 31.3 Å². The van der Waals surface area contributed by atoms with E-state index in [1.54, 1.807) is 36.7 Å². The summed E-state index contributed by atoms with van der Waals surface area (Å²) in [5.74, 6) is 0. The number of aromatic amines is 1. The second-order valence-electron chi connectivity index (χ2n) is 7.36. The Morgan fingerprint density at radius 1 is 1.15 bits per heavy atom. The topological polar surface area (TPSA) is 97.4 Å². The van der Waals surface area contributed by atoms with Crippen molar-refractivity contribution in [3.05, 3.63) is 84.6 Å². The van der Waals surface area contributed by atoms with Gasteiger partial charge in [0.15, 0.2) is 0 Å². The van der Waals surface area contributed by atoms with Gasteiger partial charge >= 0.3 is 11.4 Å². The van der Waals surface area contributed by atoms with Gasteiger partial charge in [0.1, 0.15) is 0 Å². The minimum Gasteiger partial charge on any atom is -0.301 e. The van der Waals surface area contributed by atoms with Crippen LogP contribution in [0.1, 0.15) is 23.9 Å². The molecule has 0 saturated carbocycles. The molecule has 2 aromatic heterocycles. The van der Waals surface area contributed by atoms with E-state index in [2.05, 4.69) is 26.9 Å². The zero-order valence-electron chi connectivity index (χ0n) is 18.3. The summed E-state index contributed by atoms with van der Waals surface area (Å²) >= 11 is 7.62. The smallest absolute Gasteiger partial charge is 0.301 e. The first-order valence-electron chi connectivity index (χ1n) is 10.5. The molecule has 0 spiro atoms. The number of benzene rings is 2. The molecule has 170 valence electrons. The highest BCUT2D eigenvalue weighted by atomic mass is 35.5. The van der Waals surface area contributed by atoms with Crippen molar-refractivity contribution in [3.63, 3.8) is 0 Å². The number of nitrogens with zero attached hydrogens (tertiary/aromatic N) is 5. The Bertz CT molecular complexity index is 1490. The van der Waals surface area contributed by atoms with Crippen molar-refractivity contribution in [3.8, 4) is 0 Å². The summed E-state index contributed by atoms with van der Waals surface area (Å²) in [6.07, 6.45) is 3.00. The van der Waals surface area contributed by atoms with E-state index in [0.717, 1.165) is 31.8 Å². The molecule has 0 amide bonds. The molecular weight excluding hydrogens is 460 g/mol. The number of H-pyrrole nitrogens is 1. The van der Waals surface area contributed by atoms with E-state index < -0.39 is 11.4 Å². The normalized spacial score (nSPS) is 12.3. The monoisotopic (exact) mass is 482 g/mol. The van der Waals surface area contributed by atoms with Crippen LogP contribution in [0.2, 0.25) is 5.02 Å². The van der Waals surface area contributed by atoms with Crippen LogP contribution in [0.5, 0.6) is 0 Å². The molecule has 2 aromatic carbocycles. The molecule has 0 aliphatic heterocycles. The molecule has 0 unspecified atom stereocenters. The number of halogens is 1. The van der Waals surface area contributed by atoms with Crippen molar-refractivity contribution in [2.24, 2.45) is 9.98 Å². The van der Waals surface area contributed by atoms with E-state index in [4.69, 9.17) is 11.6 Å². The number of nitrogens with one attached hydrogen (secondary N) is 1. The maximum absolute atomic E-state index is 13.3. The SMILES string of the molecule is CCc1nc2ccc(/N=c3\[nH]c(=O)n(CC/C=N\C)c(=O)n3Cc3ccc(Cl)cc3)cc2s1. The quantitative estimate of drug-likeness (QED) is 0.408. The van der Waals surface area contributed by atoms with Crippen molar-refractivity contribution >= 4 is 45.1 Å². The fourth-order valence-electron chi connectivity index (χ4n) is 3.37. The summed E-state index contributed by atoms with van der Waals surface area (Å²) in [4.78, 5) is 41.9. The fraction of sp³-hybridized carbons (Fsp3) is 0.261. The average Bonchev–Trinajstić information content (AvgIpc) is 3.22. The van der Waals surface area contributed by atoms with Gasteiger partial charge in [0.05, 0.1) is 27.5 Å². The molecule has 8 nitrogen and oxygen atoms in total. The predicted octanol–water partition coefficient (Wildman–Crippen LogP) is 3.54. The molecule has 10 heteroatoms. The van der Waals surface area contributed by atoms with Gasteiger partial charge in [-0.25, -0.2) is 24.1 Å². The second kappa shape index (κ2) is 10.1. The van der Waals surface area contributed by atoms with Crippen molar-refractivity contribution in [2.45, 2.75) is 32.9 Å². The third kappa shape index (κ3) is 5.20. The predicted molar refractivity (Wildman–Crippen MR) is 133 cm³/mol. The first kappa shape index (κ1) is 22.9. The number of hydrogen-bond acceptors (Lipinski definition) is 6. The average molecular weight is 483 g/mol. The minimum atomic E-state index is -0.511. The van der Waals surface area contributed by atoms with E-state index in [9.17, 15) is 9.59 Å². The Kier molecular flexibility index (Phi) is 7.00. The number of fused-ring (bicyclic) bond motifs is 1. The van der Waals surface area contributed by atoms with Crippen molar-refractivity contribution in [1.29, 1.82) is 0 Å². The summed E-state index contributed by atoms with van der Waals surface area (Å²) in [6, 6.07) is 12.9. The van der Waals surface area contributed by atoms with E-state index in [0.29, 0.717) is 17.1 Å². The van der Waals surface area contributed by atoms with Crippen LogP contribution in [0.3, 0.4) is 0 Å². The third-order valence-corrected chi connectivity index (χ3v) is 6.47. The summed E-state index contributed by atoms with van der Waals surface area (Å²) < 4.78 is 3.63. The number of aryl methyl sites for hydroxylation is 1. The Labute approximate surface area is 198 Å².